The number of tetrazole rings is 2. The Balaban J connectivity index is 0.000000265. The largest absolute Gasteiger partial charge is 0.573 e. The molecule has 327 valence electrons. The zero-order chi connectivity index (χ0) is 44.5. The number of nitrogens with two attached hydrogens (primary N) is 1. The zero-order valence-electron chi connectivity index (χ0n) is 32.0. The van der Waals surface area contributed by atoms with Crippen LogP contribution in [0.5, 0.6) is 11.5 Å². The van der Waals surface area contributed by atoms with E-state index >= 15 is 0 Å². The Hall–Kier alpha value is -6.20. The summed E-state index contributed by atoms with van der Waals surface area (Å²) in [4.78, 5) is 2.64. The van der Waals surface area contributed by atoms with Gasteiger partial charge in [-0.15, -0.1) is 46.7 Å². The van der Waals surface area contributed by atoms with E-state index < -0.39 is 32.8 Å². The standard InChI is InChI=1S/C17H16F3N5O3S.C9H12N6O2S.C7H5BF3O2.H2O/c1-21-29(26,27)14-8-5-12(15(10-14)16-22-24-25(2)23-16)9-11-3-6-13(7-4-11)28-17(18,19)20;1-11-18(16,17)6-3-4-8(10)7(5-6)9-12-14-15(2)13-9;9-7(10,11)13-6-3-1-5(8-12)2-4-6;/h3-8,10,21H,9H2,1-2H3;3-5,11H,10H2,1-2H3;1-4,12H;1H2. The molecule has 6 rings (SSSR count). The molecule has 0 aliphatic heterocycles. The molecule has 0 saturated carbocycles. The first-order valence-electron chi connectivity index (χ1n) is 16.6. The van der Waals surface area contributed by atoms with Gasteiger partial charge in [0.2, 0.25) is 31.7 Å². The first-order valence-corrected chi connectivity index (χ1v) is 19.6. The van der Waals surface area contributed by atoms with Crippen LogP contribution in [-0.2, 0) is 40.6 Å². The van der Waals surface area contributed by atoms with Crippen molar-refractivity contribution in [3.8, 4) is 34.3 Å². The molecule has 0 atom stereocenters. The number of benzene rings is 4. The smallest absolute Gasteiger partial charge is 0.450 e. The van der Waals surface area contributed by atoms with Gasteiger partial charge < -0.3 is 25.7 Å². The van der Waals surface area contributed by atoms with Crippen LogP contribution in [0.2, 0.25) is 0 Å². The maximum absolute atomic E-state index is 12.3. The van der Waals surface area contributed by atoms with E-state index in [9.17, 15) is 43.2 Å². The average molecular weight is 903 g/mol. The molecule has 7 N–H and O–H groups in total. The number of halogens is 6. The number of hydrogen-bond donors (Lipinski definition) is 4. The van der Waals surface area contributed by atoms with Crippen LogP contribution < -0.4 is 30.1 Å². The molecule has 0 saturated heterocycles. The Kier molecular flexibility index (Phi) is 16.4. The third-order valence-electron chi connectivity index (χ3n) is 7.58. The van der Waals surface area contributed by atoms with Gasteiger partial charge in [-0.25, -0.2) is 26.3 Å². The SMILES string of the molecule is CNS(=O)(=O)c1ccc(Cc2ccc(OC(F)(F)F)cc2)c(-c2nnn(C)n2)c1.CNS(=O)(=O)c1ccc(N)c(-c2nnn(C)n2)c1.O.O[B]c1ccc(OC(F)(F)F)cc1. The first kappa shape index (κ1) is 49.2. The molecular formula is C33H35BF6N11O8S2. The molecule has 19 nitrogen and oxygen atoms in total. The van der Waals surface area contributed by atoms with Crippen molar-refractivity contribution in [2.45, 2.75) is 28.9 Å². The second-order valence-electron chi connectivity index (χ2n) is 11.8. The van der Waals surface area contributed by atoms with Gasteiger partial charge in [0.25, 0.3) is 0 Å². The van der Waals surface area contributed by atoms with Crippen molar-refractivity contribution in [3.05, 3.63) is 96.1 Å². The van der Waals surface area contributed by atoms with Crippen LogP contribution in [0.15, 0.2) is 94.7 Å². The fraction of sp³-hybridized carbons (Fsp3) is 0.212. The van der Waals surface area contributed by atoms with Crippen LogP contribution in [0.4, 0.5) is 32.0 Å². The van der Waals surface area contributed by atoms with Gasteiger partial charge >= 0.3 is 20.2 Å². The number of aryl methyl sites for hydroxylation is 2. The summed E-state index contributed by atoms with van der Waals surface area (Å²) in [6.07, 6.45) is -9.13. The van der Waals surface area contributed by atoms with Crippen LogP contribution in [-0.4, -0.2) is 102 Å². The molecule has 28 heteroatoms. The van der Waals surface area contributed by atoms with Crippen molar-refractivity contribution in [1.82, 2.24) is 49.9 Å². The van der Waals surface area contributed by atoms with E-state index in [0.29, 0.717) is 39.8 Å². The van der Waals surface area contributed by atoms with Crippen molar-refractivity contribution in [2.24, 2.45) is 14.1 Å². The summed E-state index contributed by atoms with van der Waals surface area (Å²) in [5, 5.41) is 31.8. The lowest BCUT2D eigenvalue weighted by Gasteiger charge is -2.11. The highest BCUT2D eigenvalue weighted by atomic mass is 32.2. The second-order valence-corrected chi connectivity index (χ2v) is 15.6. The molecule has 0 aliphatic rings. The lowest BCUT2D eigenvalue weighted by Crippen LogP contribution is -2.18. The number of anilines is 1. The molecule has 61 heavy (non-hydrogen) atoms. The summed E-state index contributed by atoms with van der Waals surface area (Å²) in [5.41, 5.74) is 8.83. The third-order valence-corrected chi connectivity index (χ3v) is 10.4. The number of aromatic nitrogens is 8. The Morgan fingerprint density at radius 1 is 0.689 bits per heavy atom. The number of hydrogen-bond acceptors (Lipinski definition) is 14. The molecule has 0 amide bonds. The van der Waals surface area contributed by atoms with Gasteiger partial charge in [0.05, 0.1) is 23.9 Å². The van der Waals surface area contributed by atoms with Gasteiger partial charge in [-0.2, -0.15) is 9.59 Å². The number of sulfonamides is 2. The number of nitrogen functional groups attached to an aromatic ring is 1. The van der Waals surface area contributed by atoms with E-state index in [1.54, 1.807) is 20.2 Å². The Labute approximate surface area is 344 Å². The summed E-state index contributed by atoms with van der Waals surface area (Å²) in [5.74, 6) is -0.124. The quantitative estimate of drug-likeness (QED) is 0.0818. The third kappa shape index (κ3) is 14.5. The number of nitrogens with zero attached hydrogens (tertiary/aromatic N) is 8. The molecule has 2 aromatic heterocycles. The zero-order valence-corrected chi connectivity index (χ0v) is 33.6. The maximum atomic E-state index is 12.3. The topological polar surface area (TPSA) is 276 Å². The maximum Gasteiger partial charge on any atom is 0.573 e. The van der Waals surface area contributed by atoms with E-state index in [4.69, 9.17) is 10.8 Å². The van der Waals surface area contributed by atoms with Gasteiger partial charge in [-0.1, -0.05) is 35.8 Å². The minimum Gasteiger partial charge on any atom is -0.450 e. The summed E-state index contributed by atoms with van der Waals surface area (Å²) in [6.45, 7) is 0. The second kappa shape index (κ2) is 20.4. The first-order chi connectivity index (χ1) is 28.0. The molecule has 6 aromatic rings. The van der Waals surface area contributed by atoms with Gasteiger partial charge in [0, 0.05) is 16.8 Å². The molecule has 0 fully saturated rings. The highest BCUT2D eigenvalue weighted by Crippen LogP contribution is 2.29. The van der Waals surface area contributed by atoms with Crippen molar-refractivity contribution >= 4 is 38.7 Å². The average Bonchev–Trinajstić information content (AvgIpc) is 3.83. The number of rotatable bonds is 11. The van der Waals surface area contributed by atoms with Crippen LogP contribution in [0, 0.1) is 0 Å². The number of alkyl halides is 6. The van der Waals surface area contributed by atoms with E-state index in [-0.39, 0.29) is 38.4 Å². The predicted octanol–water partition coefficient (Wildman–Crippen LogP) is 1.64. The van der Waals surface area contributed by atoms with Gasteiger partial charge in [-0.05, 0) is 96.7 Å². The lowest BCUT2D eigenvalue weighted by molar-refractivity contribution is -0.275. The highest BCUT2D eigenvalue weighted by Gasteiger charge is 2.31. The van der Waals surface area contributed by atoms with Crippen LogP contribution in [0.3, 0.4) is 0 Å². The molecule has 4 aromatic carbocycles. The molecule has 2 heterocycles. The Bertz CT molecular complexity index is 2600. The minimum atomic E-state index is -4.76. The summed E-state index contributed by atoms with van der Waals surface area (Å²) in [6, 6.07) is 19.1. The van der Waals surface area contributed by atoms with E-state index in [1.807, 2.05) is 0 Å². The molecule has 0 unspecified atom stereocenters. The monoisotopic (exact) mass is 902 g/mol. The molecule has 0 spiro atoms. The number of nitrogens with one attached hydrogen (secondary N) is 2. The lowest BCUT2D eigenvalue weighted by atomic mass is 9.89. The van der Waals surface area contributed by atoms with Gasteiger partial charge in [0.1, 0.15) is 11.5 Å². The van der Waals surface area contributed by atoms with Crippen molar-refractivity contribution in [2.75, 3.05) is 19.8 Å². The molecule has 0 bridgehead atoms. The van der Waals surface area contributed by atoms with E-state index in [0.717, 1.165) is 19.6 Å². The number of ether oxygens (including phenoxy) is 2. The predicted molar refractivity (Wildman–Crippen MR) is 206 cm³/mol. The van der Waals surface area contributed by atoms with Crippen LogP contribution >= 0.6 is 0 Å². The van der Waals surface area contributed by atoms with Crippen LogP contribution in [0.1, 0.15) is 11.1 Å². The Morgan fingerprint density at radius 2 is 1.11 bits per heavy atom. The van der Waals surface area contributed by atoms with Crippen molar-refractivity contribution in [3.63, 3.8) is 0 Å². The molecular weight excluding hydrogens is 867 g/mol. The summed E-state index contributed by atoms with van der Waals surface area (Å²) in [7, 11) is -0.604. The highest BCUT2D eigenvalue weighted by molar-refractivity contribution is 7.89. The van der Waals surface area contributed by atoms with E-state index in [2.05, 4.69) is 49.7 Å². The van der Waals surface area contributed by atoms with Gasteiger partial charge in [-0.3, -0.25) is 0 Å². The summed E-state index contributed by atoms with van der Waals surface area (Å²) >= 11 is 0. The fourth-order valence-electron chi connectivity index (χ4n) is 4.79. The fourth-order valence-corrected chi connectivity index (χ4v) is 6.30. The van der Waals surface area contributed by atoms with Crippen molar-refractivity contribution < 1.29 is 63.2 Å². The minimum absolute atomic E-state index is 0. The van der Waals surface area contributed by atoms with Gasteiger partial charge in [0.15, 0.2) is 0 Å². The van der Waals surface area contributed by atoms with E-state index in [1.165, 1.54) is 90.4 Å². The molecule has 1 radical (unpaired) electrons. The van der Waals surface area contributed by atoms with Crippen LogP contribution in [0.25, 0.3) is 22.8 Å². The molecule has 0 aliphatic carbocycles. The normalized spacial score (nSPS) is 11.6. The summed E-state index contributed by atoms with van der Waals surface area (Å²) < 4.78 is 131. The Morgan fingerprint density at radius 3 is 1.52 bits per heavy atom. The van der Waals surface area contributed by atoms with Crippen molar-refractivity contribution in [1.29, 1.82) is 0 Å².